The molecule has 0 aromatic rings. The van der Waals surface area contributed by atoms with Crippen LogP contribution in [0.2, 0.25) is 0 Å². The number of fused-ring (bicyclic) bond motifs is 1. The minimum Gasteiger partial charge on any atom is -0.353 e. The van der Waals surface area contributed by atoms with E-state index in [1.165, 1.54) is 38.5 Å². The van der Waals surface area contributed by atoms with Gasteiger partial charge in [-0.1, -0.05) is 19.3 Å². The van der Waals surface area contributed by atoms with E-state index in [1.54, 1.807) is 0 Å². The zero-order valence-corrected chi connectivity index (χ0v) is 17.9. The Bertz CT molecular complexity index is 544. The van der Waals surface area contributed by atoms with Gasteiger partial charge in [0.1, 0.15) is 0 Å². The predicted molar refractivity (Wildman–Crippen MR) is 113 cm³/mol. The van der Waals surface area contributed by atoms with Gasteiger partial charge >= 0.3 is 0 Å². The van der Waals surface area contributed by atoms with Gasteiger partial charge in [0.05, 0.1) is 0 Å². The first-order valence-corrected chi connectivity index (χ1v) is 11.4. The Hall–Kier alpha value is -0.810. The molecule has 3 atom stereocenters. The first-order valence-electron chi connectivity index (χ1n) is 11.4. The summed E-state index contributed by atoms with van der Waals surface area (Å²) in [6, 6.07) is 0.569. The fourth-order valence-corrected chi connectivity index (χ4v) is 6.17. The average molecular weight is 412 g/mol. The second kappa shape index (κ2) is 9.80. The third kappa shape index (κ3) is 5.02. The van der Waals surface area contributed by atoms with Gasteiger partial charge in [0.15, 0.2) is 0 Å². The van der Waals surface area contributed by atoms with Crippen molar-refractivity contribution >= 4 is 24.2 Å². The molecule has 4 aliphatic rings. The molecule has 0 spiro atoms. The van der Waals surface area contributed by atoms with Crippen molar-refractivity contribution in [1.29, 1.82) is 0 Å². The quantitative estimate of drug-likeness (QED) is 0.745. The lowest BCUT2D eigenvalue weighted by atomic mass is 9.84. The van der Waals surface area contributed by atoms with Crippen LogP contribution in [0, 0.1) is 23.7 Å². The van der Waals surface area contributed by atoms with Gasteiger partial charge in [0.25, 0.3) is 0 Å². The number of carbonyl (C=O) groups is 2. The van der Waals surface area contributed by atoms with Crippen LogP contribution in [0.4, 0.5) is 0 Å². The number of nitrogens with zero attached hydrogens (tertiary/aromatic N) is 1. The zero-order chi connectivity index (χ0) is 18.8. The van der Waals surface area contributed by atoms with Crippen LogP contribution in [-0.4, -0.2) is 41.9 Å². The van der Waals surface area contributed by atoms with Gasteiger partial charge in [-0.15, -0.1) is 12.4 Å². The maximum Gasteiger partial charge on any atom is 0.225 e. The number of hydrogen-bond acceptors (Lipinski definition) is 3. The first kappa shape index (κ1) is 21.9. The highest BCUT2D eigenvalue weighted by Crippen LogP contribution is 2.38. The van der Waals surface area contributed by atoms with Gasteiger partial charge in [-0.05, 0) is 69.1 Å². The number of rotatable bonds is 4. The van der Waals surface area contributed by atoms with E-state index >= 15 is 0 Å². The minimum atomic E-state index is 0. The van der Waals surface area contributed by atoms with Crippen LogP contribution in [0.25, 0.3) is 0 Å². The summed E-state index contributed by atoms with van der Waals surface area (Å²) in [7, 11) is 0. The molecule has 1 saturated heterocycles. The van der Waals surface area contributed by atoms with E-state index in [4.69, 9.17) is 5.73 Å². The lowest BCUT2D eigenvalue weighted by Gasteiger charge is -2.32. The number of nitrogens with two attached hydrogens (primary N) is 1. The summed E-state index contributed by atoms with van der Waals surface area (Å²) in [4.78, 5) is 27.4. The Morgan fingerprint density at radius 1 is 0.893 bits per heavy atom. The topological polar surface area (TPSA) is 75.4 Å². The molecule has 2 amide bonds. The largest absolute Gasteiger partial charge is 0.353 e. The van der Waals surface area contributed by atoms with E-state index in [0.29, 0.717) is 36.1 Å². The van der Waals surface area contributed by atoms with E-state index in [0.717, 1.165) is 45.2 Å². The van der Waals surface area contributed by atoms with Crippen LogP contribution < -0.4 is 11.1 Å². The molecule has 0 aromatic heterocycles. The predicted octanol–water partition coefficient (Wildman–Crippen LogP) is 3.25. The summed E-state index contributed by atoms with van der Waals surface area (Å²) in [6.07, 6.45) is 13.1. The molecule has 6 heteroatoms. The van der Waals surface area contributed by atoms with Crippen LogP contribution in [0.3, 0.4) is 0 Å². The van der Waals surface area contributed by atoms with Crippen molar-refractivity contribution in [3.05, 3.63) is 0 Å². The Morgan fingerprint density at radius 3 is 2.29 bits per heavy atom. The van der Waals surface area contributed by atoms with Gasteiger partial charge in [-0.2, -0.15) is 0 Å². The minimum absolute atomic E-state index is 0. The third-order valence-corrected chi connectivity index (χ3v) is 7.86. The fraction of sp³-hybridized carbons (Fsp3) is 0.909. The normalized spacial score (nSPS) is 35.9. The Balaban J connectivity index is 0.00000225. The standard InChI is InChI=1S/C22H37N3O2.ClH/c23-20-11-8-17-13-25(14-19(17)20)22(27)16-6-9-18(10-7-16)24-21(26)12-15-4-2-1-3-5-15;/h15-20H,1-14,23H2,(H,24,26);1H. The molecule has 0 radical (unpaired) electrons. The van der Waals surface area contributed by atoms with E-state index < -0.39 is 0 Å². The molecule has 4 fully saturated rings. The molecule has 0 aromatic carbocycles. The van der Waals surface area contributed by atoms with Crippen LogP contribution in [0.15, 0.2) is 0 Å². The van der Waals surface area contributed by atoms with Crippen molar-refractivity contribution < 1.29 is 9.59 Å². The van der Waals surface area contributed by atoms with Gasteiger partial charge in [0, 0.05) is 37.5 Å². The number of likely N-dealkylation sites (tertiary alicyclic amines) is 1. The van der Waals surface area contributed by atoms with Crippen LogP contribution >= 0.6 is 12.4 Å². The average Bonchev–Trinajstić information content (AvgIpc) is 3.25. The summed E-state index contributed by atoms with van der Waals surface area (Å²) in [5, 5.41) is 3.25. The van der Waals surface area contributed by atoms with E-state index in [9.17, 15) is 9.59 Å². The number of carbonyl (C=O) groups excluding carboxylic acids is 2. The van der Waals surface area contributed by atoms with E-state index in [2.05, 4.69) is 10.2 Å². The maximum absolute atomic E-state index is 12.9. The van der Waals surface area contributed by atoms with Crippen LogP contribution in [0.5, 0.6) is 0 Å². The molecule has 3 saturated carbocycles. The molecular weight excluding hydrogens is 374 g/mol. The molecule has 1 aliphatic heterocycles. The zero-order valence-electron chi connectivity index (χ0n) is 17.1. The van der Waals surface area contributed by atoms with Gasteiger partial charge in [-0.3, -0.25) is 9.59 Å². The maximum atomic E-state index is 12.9. The number of hydrogen-bond donors (Lipinski definition) is 2. The monoisotopic (exact) mass is 411 g/mol. The number of amides is 2. The summed E-state index contributed by atoms with van der Waals surface area (Å²) in [6.45, 7) is 1.80. The molecule has 4 rings (SSSR count). The van der Waals surface area contributed by atoms with E-state index in [1.807, 2.05) is 0 Å². The summed E-state index contributed by atoms with van der Waals surface area (Å²) >= 11 is 0. The van der Waals surface area contributed by atoms with Crippen molar-refractivity contribution in [2.24, 2.45) is 29.4 Å². The Morgan fingerprint density at radius 2 is 1.61 bits per heavy atom. The number of halogens is 1. The highest BCUT2D eigenvalue weighted by Gasteiger charge is 2.43. The van der Waals surface area contributed by atoms with Crippen molar-refractivity contribution in [2.75, 3.05) is 13.1 Å². The number of nitrogens with one attached hydrogen (secondary N) is 1. The first-order chi connectivity index (χ1) is 13.1. The highest BCUT2D eigenvalue weighted by atomic mass is 35.5. The van der Waals surface area contributed by atoms with Crippen molar-refractivity contribution in [2.45, 2.75) is 89.1 Å². The summed E-state index contributed by atoms with van der Waals surface area (Å²) < 4.78 is 0. The molecule has 3 aliphatic carbocycles. The molecule has 3 N–H and O–H groups in total. The fourth-order valence-electron chi connectivity index (χ4n) is 6.17. The molecule has 3 unspecified atom stereocenters. The van der Waals surface area contributed by atoms with Crippen molar-refractivity contribution in [3.63, 3.8) is 0 Å². The molecule has 160 valence electrons. The molecule has 0 bridgehead atoms. The van der Waals surface area contributed by atoms with Crippen LogP contribution in [0.1, 0.15) is 77.0 Å². The Labute approximate surface area is 176 Å². The van der Waals surface area contributed by atoms with E-state index in [-0.39, 0.29) is 30.3 Å². The summed E-state index contributed by atoms with van der Waals surface area (Å²) in [5.41, 5.74) is 6.21. The highest BCUT2D eigenvalue weighted by molar-refractivity contribution is 5.85. The molecule has 1 heterocycles. The van der Waals surface area contributed by atoms with Crippen molar-refractivity contribution in [1.82, 2.24) is 10.2 Å². The van der Waals surface area contributed by atoms with Crippen molar-refractivity contribution in [3.8, 4) is 0 Å². The third-order valence-electron chi connectivity index (χ3n) is 7.86. The summed E-state index contributed by atoms with van der Waals surface area (Å²) in [5.74, 6) is 2.51. The van der Waals surface area contributed by atoms with Gasteiger partial charge < -0.3 is 16.0 Å². The second-order valence-electron chi connectivity index (χ2n) is 9.73. The smallest absolute Gasteiger partial charge is 0.225 e. The van der Waals surface area contributed by atoms with Gasteiger partial charge in [-0.25, -0.2) is 0 Å². The molecular formula is C22H38ClN3O2. The van der Waals surface area contributed by atoms with Crippen LogP contribution in [-0.2, 0) is 9.59 Å². The Kier molecular flexibility index (Phi) is 7.66. The SMILES string of the molecule is Cl.NC1CCC2CN(C(=O)C3CCC(NC(=O)CC4CCCCC4)CC3)CC12. The second-order valence-corrected chi connectivity index (χ2v) is 9.73. The molecule has 28 heavy (non-hydrogen) atoms. The van der Waals surface area contributed by atoms with Gasteiger partial charge in [0.2, 0.25) is 11.8 Å². The lowest BCUT2D eigenvalue weighted by Crippen LogP contribution is -2.42. The lowest BCUT2D eigenvalue weighted by molar-refractivity contribution is -0.136. The molecule has 5 nitrogen and oxygen atoms in total.